The first-order valence-corrected chi connectivity index (χ1v) is 4.79. The van der Waals surface area contributed by atoms with Gasteiger partial charge in [0.1, 0.15) is 0 Å². The third kappa shape index (κ3) is 2.51. The van der Waals surface area contributed by atoms with Gasteiger partial charge in [0, 0.05) is 25.5 Å². The number of allylic oxidation sites excluding steroid dienone is 1. The van der Waals surface area contributed by atoms with E-state index in [1.807, 2.05) is 24.0 Å². The zero-order chi connectivity index (χ0) is 9.10. The summed E-state index contributed by atoms with van der Waals surface area (Å²) < 4.78 is 1.89. The van der Waals surface area contributed by atoms with E-state index in [4.69, 9.17) is 0 Å². The number of hydrogen-bond acceptors (Lipinski definition) is 2. The lowest BCUT2D eigenvalue weighted by atomic mass is 10.1. The van der Waals surface area contributed by atoms with E-state index in [1.165, 1.54) is 30.7 Å². The molecular formula is C10H16ClN3. The van der Waals surface area contributed by atoms with Crippen LogP contribution < -0.4 is 5.32 Å². The standard InChI is InChI=1S/C10H15N3.ClH/c1-13-10(5-7-12-13)8-9-4-2-3-6-11-9;/h5,7-8,11H,2-4,6H2,1H3;1H. The molecule has 0 saturated carbocycles. The van der Waals surface area contributed by atoms with Gasteiger partial charge in [0.05, 0.1) is 5.69 Å². The van der Waals surface area contributed by atoms with E-state index >= 15 is 0 Å². The lowest BCUT2D eigenvalue weighted by molar-refractivity contribution is 0.591. The molecule has 0 unspecified atom stereocenters. The normalized spacial score (nSPS) is 18.8. The van der Waals surface area contributed by atoms with Gasteiger partial charge >= 0.3 is 0 Å². The summed E-state index contributed by atoms with van der Waals surface area (Å²) in [5.41, 5.74) is 2.51. The summed E-state index contributed by atoms with van der Waals surface area (Å²) in [5, 5.41) is 7.53. The quantitative estimate of drug-likeness (QED) is 0.773. The third-order valence-corrected chi connectivity index (χ3v) is 2.41. The monoisotopic (exact) mass is 213 g/mol. The first-order chi connectivity index (χ1) is 6.36. The summed E-state index contributed by atoms with van der Waals surface area (Å²) in [4.78, 5) is 0. The van der Waals surface area contributed by atoms with Crippen molar-refractivity contribution in [1.29, 1.82) is 0 Å². The Morgan fingerprint density at radius 1 is 1.50 bits per heavy atom. The second kappa shape index (κ2) is 5.05. The summed E-state index contributed by atoms with van der Waals surface area (Å²) in [7, 11) is 1.97. The van der Waals surface area contributed by atoms with Crippen LogP contribution in [0.4, 0.5) is 0 Å². The van der Waals surface area contributed by atoms with Crippen LogP contribution in [0.2, 0.25) is 0 Å². The number of aromatic nitrogens is 2. The van der Waals surface area contributed by atoms with Crippen LogP contribution in [0.1, 0.15) is 25.0 Å². The van der Waals surface area contributed by atoms with Gasteiger partial charge in [-0.3, -0.25) is 4.68 Å². The van der Waals surface area contributed by atoms with Crippen molar-refractivity contribution in [3.63, 3.8) is 0 Å². The maximum Gasteiger partial charge on any atom is 0.0623 e. The smallest absolute Gasteiger partial charge is 0.0623 e. The Morgan fingerprint density at radius 3 is 2.93 bits per heavy atom. The molecule has 1 fully saturated rings. The molecule has 1 aliphatic rings. The third-order valence-electron chi connectivity index (χ3n) is 2.41. The van der Waals surface area contributed by atoms with Crippen LogP contribution in [0.3, 0.4) is 0 Å². The molecule has 0 bridgehead atoms. The van der Waals surface area contributed by atoms with E-state index in [2.05, 4.69) is 16.5 Å². The van der Waals surface area contributed by atoms with Crippen LogP contribution in [0, 0.1) is 0 Å². The Balaban J connectivity index is 0.000000980. The molecule has 1 saturated heterocycles. The molecule has 78 valence electrons. The lowest BCUT2D eigenvalue weighted by Gasteiger charge is -2.16. The minimum absolute atomic E-state index is 0. The van der Waals surface area contributed by atoms with E-state index in [9.17, 15) is 0 Å². The van der Waals surface area contributed by atoms with Crippen molar-refractivity contribution in [3.8, 4) is 0 Å². The summed E-state index contributed by atoms with van der Waals surface area (Å²) >= 11 is 0. The van der Waals surface area contributed by atoms with E-state index in [0.29, 0.717) is 0 Å². The molecule has 1 N–H and O–H groups in total. The Morgan fingerprint density at radius 2 is 2.36 bits per heavy atom. The molecule has 1 aromatic rings. The fourth-order valence-electron chi connectivity index (χ4n) is 1.61. The van der Waals surface area contributed by atoms with Crippen molar-refractivity contribution < 1.29 is 0 Å². The number of halogens is 1. The summed E-state index contributed by atoms with van der Waals surface area (Å²) in [6, 6.07) is 2.03. The van der Waals surface area contributed by atoms with Crippen LogP contribution in [-0.2, 0) is 7.05 Å². The molecule has 4 heteroatoms. The largest absolute Gasteiger partial charge is 0.388 e. The summed E-state index contributed by atoms with van der Waals surface area (Å²) in [6.45, 7) is 1.11. The Hall–Kier alpha value is -0.960. The number of hydrogen-bond donors (Lipinski definition) is 1. The van der Waals surface area contributed by atoms with Crippen molar-refractivity contribution >= 4 is 18.5 Å². The Bertz CT molecular complexity index is 309. The molecule has 1 aliphatic heterocycles. The van der Waals surface area contributed by atoms with Crippen molar-refractivity contribution in [2.75, 3.05) is 6.54 Å². The number of piperidine rings is 1. The average molecular weight is 214 g/mol. The number of aryl methyl sites for hydroxylation is 1. The van der Waals surface area contributed by atoms with E-state index in [-0.39, 0.29) is 12.4 Å². The van der Waals surface area contributed by atoms with E-state index in [1.54, 1.807) is 0 Å². The predicted molar refractivity (Wildman–Crippen MR) is 60.3 cm³/mol. The molecule has 0 aliphatic carbocycles. The molecule has 3 nitrogen and oxygen atoms in total. The van der Waals surface area contributed by atoms with Gasteiger partial charge in [-0.05, 0) is 31.4 Å². The van der Waals surface area contributed by atoms with Gasteiger partial charge in [0.25, 0.3) is 0 Å². The topological polar surface area (TPSA) is 29.9 Å². The van der Waals surface area contributed by atoms with Gasteiger partial charge in [0.2, 0.25) is 0 Å². The highest BCUT2D eigenvalue weighted by molar-refractivity contribution is 5.85. The highest BCUT2D eigenvalue weighted by Gasteiger charge is 2.04. The molecule has 2 heterocycles. The second-order valence-corrected chi connectivity index (χ2v) is 3.43. The van der Waals surface area contributed by atoms with Crippen LogP contribution in [0.15, 0.2) is 18.0 Å². The summed E-state index contributed by atoms with van der Waals surface area (Å²) in [5.74, 6) is 0. The lowest BCUT2D eigenvalue weighted by Crippen LogP contribution is -2.19. The molecule has 0 amide bonds. The van der Waals surface area contributed by atoms with E-state index < -0.39 is 0 Å². The second-order valence-electron chi connectivity index (χ2n) is 3.43. The fourth-order valence-corrected chi connectivity index (χ4v) is 1.61. The number of nitrogens with zero attached hydrogens (tertiary/aromatic N) is 2. The SMILES string of the molecule is Cl.Cn1nccc1C=C1CCCCN1. The maximum atomic E-state index is 4.13. The van der Waals surface area contributed by atoms with Crippen LogP contribution >= 0.6 is 12.4 Å². The zero-order valence-electron chi connectivity index (χ0n) is 8.36. The minimum atomic E-state index is 0. The zero-order valence-corrected chi connectivity index (χ0v) is 9.18. The maximum absolute atomic E-state index is 4.13. The highest BCUT2D eigenvalue weighted by Crippen LogP contribution is 2.13. The fraction of sp³-hybridized carbons (Fsp3) is 0.500. The van der Waals surface area contributed by atoms with Crippen LogP contribution in [0.25, 0.3) is 6.08 Å². The van der Waals surface area contributed by atoms with Crippen LogP contribution in [-0.4, -0.2) is 16.3 Å². The van der Waals surface area contributed by atoms with Crippen molar-refractivity contribution in [2.24, 2.45) is 7.05 Å². The average Bonchev–Trinajstić information content (AvgIpc) is 2.54. The molecule has 1 aromatic heterocycles. The van der Waals surface area contributed by atoms with Gasteiger partial charge in [0.15, 0.2) is 0 Å². The van der Waals surface area contributed by atoms with Crippen LogP contribution in [0.5, 0.6) is 0 Å². The first kappa shape index (κ1) is 11.1. The summed E-state index contributed by atoms with van der Waals surface area (Å²) in [6.07, 6.45) is 7.78. The Kier molecular flexibility index (Phi) is 4.01. The van der Waals surface area contributed by atoms with Gasteiger partial charge < -0.3 is 5.32 Å². The molecule has 0 spiro atoms. The number of rotatable bonds is 1. The molecule has 0 radical (unpaired) electrons. The van der Waals surface area contributed by atoms with Crippen molar-refractivity contribution in [1.82, 2.24) is 15.1 Å². The molecule has 2 rings (SSSR count). The predicted octanol–water partition coefficient (Wildman–Crippen LogP) is 1.96. The van der Waals surface area contributed by atoms with Gasteiger partial charge in [-0.1, -0.05) is 0 Å². The van der Waals surface area contributed by atoms with Crippen molar-refractivity contribution in [2.45, 2.75) is 19.3 Å². The van der Waals surface area contributed by atoms with Gasteiger partial charge in [-0.15, -0.1) is 12.4 Å². The van der Waals surface area contributed by atoms with Gasteiger partial charge in [-0.25, -0.2) is 0 Å². The Labute approximate surface area is 90.6 Å². The van der Waals surface area contributed by atoms with Gasteiger partial charge in [-0.2, -0.15) is 5.10 Å². The molecule has 0 aromatic carbocycles. The molecule has 0 atom stereocenters. The first-order valence-electron chi connectivity index (χ1n) is 4.79. The molecular weight excluding hydrogens is 198 g/mol. The van der Waals surface area contributed by atoms with Crippen molar-refractivity contribution in [3.05, 3.63) is 23.7 Å². The highest BCUT2D eigenvalue weighted by atomic mass is 35.5. The minimum Gasteiger partial charge on any atom is -0.388 e. The molecule has 14 heavy (non-hydrogen) atoms. The van der Waals surface area contributed by atoms with E-state index in [0.717, 1.165) is 6.54 Å². The number of nitrogens with one attached hydrogen (secondary N) is 1.